The Hall–Kier alpha value is -2.99. The third-order valence-electron chi connectivity index (χ3n) is 5.35. The number of aromatic nitrogens is 3. The van der Waals surface area contributed by atoms with Crippen LogP contribution in [-0.2, 0) is 27.5 Å². The molecule has 170 valence electrons. The summed E-state index contributed by atoms with van der Waals surface area (Å²) in [5.41, 5.74) is 0.240. The van der Waals surface area contributed by atoms with Gasteiger partial charge < -0.3 is 5.32 Å². The molecule has 1 aromatic carbocycles. The van der Waals surface area contributed by atoms with E-state index in [4.69, 9.17) is 0 Å². The van der Waals surface area contributed by atoms with Crippen molar-refractivity contribution in [2.75, 3.05) is 6.54 Å². The summed E-state index contributed by atoms with van der Waals surface area (Å²) < 4.78 is 67.3. The number of hydrogen-bond donors (Lipinski definition) is 1. The average Bonchev–Trinajstić information content (AvgIpc) is 3.39. The molecule has 1 unspecified atom stereocenters. The Labute approximate surface area is 182 Å². The third kappa shape index (κ3) is 4.19. The minimum Gasteiger partial charge on any atom is -0.347 e. The Bertz CT molecular complexity index is 1260. The lowest BCUT2D eigenvalue weighted by Crippen LogP contribution is -2.45. The second-order valence-electron chi connectivity index (χ2n) is 7.56. The minimum absolute atomic E-state index is 0.102. The molecule has 1 amide bonds. The fourth-order valence-electron chi connectivity index (χ4n) is 3.65. The van der Waals surface area contributed by atoms with E-state index in [9.17, 15) is 26.4 Å². The fourth-order valence-corrected chi connectivity index (χ4v) is 5.30. The minimum atomic E-state index is -4.53. The number of amides is 1. The number of nitrogens with one attached hydrogen (secondary N) is 1. The second kappa shape index (κ2) is 8.17. The van der Waals surface area contributed by atoms with Gasteiger partial charge in [-0.2, -0.15) is 17.5 Å². The first-order valence-corrected chi connectivity index (χ1v) is 11.3. The van der Waals surface area contributed by atoms with Gasteiger partial charge in [0.1, 0.15) is 6.04 Å². The number of hydrogen-bond acceptors (Lipinski definition) is 5. The van der Waals surface area contributed by atoms with Crippen LogP contribution in [0.4, 0.5) is 13.2 Å². The van der Waals surface area contributed by atoms with E-state index >= 15 is 0 Å². The van der Waals surface area contributed by atoms with Gasteiger partial charge in [-0.15, -0.1) is 10.2 Å². The van der Waals surface area contributed by atoms with Gasteiger partial charge in [-0.1, -0.05) is 17.7 Å². The van der Waals surface area contributed by atoms with E-state index in [1.165, 1.54) is 18.2 Å². The summed E-state index contributed by atoms with van der Waals surface area (Å²) >= 11 is 0. The SMILES string of the molecule is Cc1ccc(S(=O)(=O)N2CCCC2C(=O)NCc2nnc3ccc(C(F)(F)F)cn23)cc1. The Morgan fingerprint density at radius 1 is 1.16 bits per heavy atom. The first-order valence-electron chi connectivity index (χ1n) is 9.84. The molecule has 0 saturated carbocycles. The van der Waals surface area contributed by atoms with Crippen LogP contribution in [0.15, 0.2) is 47.5 Å². The van der Waals surface area contributed by atoms with Gasteiger partial charge in [-0.3, -0.25) is 9.20 Å². The molecule has 2 aromatic heterocycles. The molecular formula is C20H20F3N5O3S. The number of fused-ring (bicyclic) bond motifs is 1. The van der Waals surface area contributed by atoms with Gasteiger partial charge in [0.15, 0.2) is 11.5 Å². The van der Waals surface area contributed by atoms with Crippen molar-refractivity contribution < 1.29 is 26.4 Å². The number of aryl methyl sites for hydroxylation is 1. The van der Waals surface area contributed by atoms with Gasteiger partial charge in [-0.25, -0.2) is 8.42 Å². The molecule has 1 saturated heterocycles. The van der Waals surface area contributed by atoms with Crippen LogP contribution in [0.3, 0.4) is 0 Å². The van der Waals surface area contributed by atoms with E-state index in [0.29, 0.717) is 12.8 Å². The summed E-state index contributed by atoms with van der Waals surface area (Å²) in [5.74, 6) is -0.438. The molecule has 4 rings (SSSR count). The molecule has 0 spiro atoms. The van der Waals surface area contributed by atoms with Crippen LogP contribution < -0.4 is 5.32 Å². The highest BCUT2D eigenvalue weighted by Gasteiger charge is 2.39. The predicted octanol–water partition coefficient (Wildman–Crippen LogP) is 2.53. The lowest BCUT2D eigenvalue weighted by Gasteiger charge is -2.23. The summed E-state index contributed by atoms with van der Waals surface area (Å²) in [4.78, 5) is 12.9. The average molecular weight is 467 g/mol. The van der Waals surface area contributed by atoms with Crippen LogP contribution in [0.25, 0.3) is 5.65 Å². The molecule has 12 heteroatoms. The normalized spacial score (nSPS) is 17.7. The monoisotopic (exact) mass is 467 g/mol. The van der Waals surface area contributed by atoms with E-state index in [-0.39, 0.29) is 29.5 Å². The van der Waals surface area contributed by atoms with Crippen LogP contribution in [0.5, 0.6) is 0 Å². The molecule has 32 heavy (non-hydrogen) atoms. The van der Waals surface area contributed by atoms with Crippen LogP contribution in [0, 0.1) is 6.92 Å². The summed E-state index contributed by atoms with van der Waals surface area (Å²) in [5, 5.41) is 10.2. The van der Waals surface area contributed by atoms with Crippen molar-refractivity contribution in [2.24, 2.45) is 0 Å². The zero-order valence-electron chi connectivity index (χ0n) is 17.0. The fraction of sp³-hybridized carbons (Fsp3) is 0.350. The largest absolute Gasteiger partial charge is 0.417 e. The molecule has 0 bridgehead atoms. The lowest BCUT2D eigenvalue weighted by molar-refractivity contribution is -0.137. The number of halogens is 3. The van der Waals surface area contributed by atoms with Gasteiger partial charge in [0, 0.05) is 12.7 Å². The van der Waals surface area contributed by atoms with Gasteiger partial charge >= 0.3 is 6.18 Å². The van der Waals surface area contributed by atoms with Crippen molar-refractivity contribution in [2.45, 2.75) is 43.4 Å². The first-order chi connectivity index (χ1) is 15.1. The number of nitrogens with zero attached hydrogens (tertiary/aromatic N) is 4. The molecule has 1 N–H and O–H groups in total. The number of benzene rings is 1. The number of carbonyl (C=O) groups is 1. The van der Waals surface area contributed by atoms with Crippen LogP contribution in [0.1, 0.15) is 29.8 Å². The van der Waals surface area contributed by atoms with E-state index < -0.39 is 33.7 Å². The quantitative estimate of drug-likeness (QED) is 0.622. The zero-order valence-corrected chi connectivity index (χ0v) is 17.8. The van der Waals surface area contributed by atoms with Crippen LogP contribution in [0.2, 0.25) is 0 Å². The highest BCUT2D eigenvalue weighted by molar-refractivity contribution is 7.89. The highest BCUT2D eigenvalue weighted by Crippen LogP contribution is 2.29. The van der Waals surface area contributed by atoms with E-state index in [1.807, 2.05) is 6.92 Å². The Morgan fingerprint density at radius 2 is 1.88 bits per heavy atom. The summed E-state index contributed by atoms with van der Waals surface area (Å²) in [7, 11) is -3.86. The van der Waals surface area contributed by atoms with Crippen molar-refractivity contribution in [3.8, 4) is 0 Å². The van der Waals surface area contributed by atoms with Crippen LogP contribution >= 0.6 is 0 Å². The van der Waals surface area contributed by atoms with Crippen molar-refractivity contribution in [1.82, 2.24) is 24.2 Å². The number of pyridine rings is 1. The van der Waals surface area contributed by atoms with Gasteiger partial charge in [0.2, 0.25) is 15.9 Å². The van der Waals surface area contributed by atoms with E-state index in [0.717, 1.165) is 26.5 Å². The van der Waals surface area contributed by atoms with E-state index in [2.05, 4.69) is 15.5 Å². The lowest BCUT2D eigenvalue weighted by atomic mass is 10.2. The van der Waals surface area contributed by atoms with Crippen molar-refractivity contribution in [3.05, 3.63) is 59.5 Å². The zero-order chi connectivity index (χ0) is 23.1. The maximum Gasteiger partial charge on any atom is 0.417 e. The molecular weight excluding hydrogens is 447 g/mol. The topological polar surface area (TPSA) is 96.7 Å². The molecule has 1 fully saturated rings. The summed E-state index contributed by atoms with van der Waals surface area (Å²) in [6.07, 6.45) is -2.81. The standard InChI is InChI=1S/C20H20F3N5O3S/c1-13-4-7-15(8-5-13)32(30,31)28-10-2-3-16(28)19(29)24-11-18-26-25-17-9-6-14(12-27(17)18)20(21,22)23/h4-9,12,16H,2-3,10-11H2,1H3,(H,24,29). The molecule has 1 aliphatic heterocycles. The Morgan fingerprint density at radius 3 is 2.56 bits per heavy atom. The number of carbonyl (C=O) groups excluding carboxylic acids is 1. The van der Waals surface area contributed by atoms with Crippen LogP contribution in [-0.4, -0.2) is 45.8 Å². The van der Waals surface area contributed by atoms with Crippen molar-refractivity contribution >= 4 is 21.6 Å². The molecule has 3 heterocycles. The predicted molar refractivity (Wildman–Crippen MR) is 108 cm³/mol. The molecule has 1 aliphatic rings. The molecule has 3 aromatic rings. The number of alkyl halides is 3. The van der Waals surface area contributed by atoms with Gasteiger partial charge in [0.05, 0.1) is 17.0 Å². The Kier molecular flexibility index (Phi) is 5.67. The molecule has 8 nitrogen and oxygen atoms in total. The number of sulfonamides is 1. The summed E-state index contributed by atoms with van der Waals surface area (Å²) in [6, 6.07) is 7.54. The second-order valence-corrected chi connectivity index (χ2v) is 9.46. The molecule has 0 aliphatic carbocycles. The molecule has 1 atom stereocenters. The van der Waals surface area contributed by atoms with Gasteiger partial charge in [-0.05, 0) is 44.0 Å². The van der Waals surface area contributed by atoms with Gasteiger partial charge in [0.25, 0.3) is 0 Å². The number of rotatable bonds is 5. The third-order valence-corrected chi connectivity index (χ3v) is 7.28. The summed E-state index contributed by atoms with van der Waals surface area (Å²) in [6.45, 7) is 1.85. The Balaban J connectivity index is 1.51. The molecule has 0 radical (unpaired) electrons. The first kappa shape index (κ1) is 22.2. The maximum atomic E-state index is 13.0. The highest BCUT2D eigenvalue weighted by atomic mass is 32.2. The van der Waals surface area contributed by atoms with E-state index in [1.54, 1.807) is 12.1 Å². The van der Waals surface area contributed by atoms with Crippen molar-refractivity contribution in [3.63, 3.8) is 0 Å². The maximum absolute atomic E-state index is 13.0. The smallest absolute Gasteiger partial charge is 0.347 e. The van der Waals surface area contributed by atoms with Crippen molar-refractivity contribution in [1.29, 1.82) is 0 Å².